The standard InChI is InChI=1S/C15H19N5O2.HI/c1-20-6-5-17-14(20)10-18-15(16)19-11-3-4-12-13(9-11)22-8-2-7-21-12;/h3-6,9H,2,7-8,10H2,1H3,(H3,16,18,19);1H. The largest absolute Gasteiger partial charge is 0.490 e. The molecule has 8 heteroatoms. The highest BCUT2D eigenvalue weighted by atomic mass is 127. The molecule has 1 aromatic heterocycles. The van der Waals surface area contributed by atoms with Crippen LogP contribution in [0.25, 0.3) is 0 Å². The van der Waals surface area contributed by atoms with Gasteiger partial charge in [0.2, 0.25) is 0 Å². The first-order valence-corrected chi connectivity index (χ1v) is 7.15. The smallest absolute Gasteiger partial charge is 0.193 e. The van der Waals surface area contributed by atoms with E-state index < -0.39 is 0 Å². The molecule has 7 nitrogen and oxygen atoms in total. The molecule has 1 aliphatic heterocycles. The van der Waals surface area contributed by atoms with Gasteiger partial charge in [0.05, 0.1) is 13.2 Å². The van der Waals surface area contributed by atoms with Crippen molar-refractivity contribution in [3.63, 3.8) is 0 Å². The zero-order valence-electron chi connectivity index (χ0n) is 12.9. The van der Waals surface area contributed by atoms with E-state index in [-0.39, 0.29) is 24.0 Å². The van der Waals surface area contributed by atoms with Crippen molar-refractivity contribution in [2.24, 2.45) is 17.8 Å². The molecule has 2 heterocycles. The average molecular weight is 429 g/mol. The van der Waals surface area contributed by atoms with Crippen molar-refractivity contribution in [2.45, 2.75) is 13.0 Å². The van der Waals surface area contributed by atoms with Crippen molar-refractivity contribution < 1.29 is 9.47 Å². The van der Waals surface area contributed by atoms with E-state index in [0.29, 0.717) is 25.7 Å². The van der Waals surface area contributed by atoms with Crippen LogP contribution in [0.4, 0.5) is 5.69 Å². The first-order valence-electron chi connectivity index (χ1n) is 7.15. The molecule has 0 amide bonds. The maximum atomic E-state index is 5.91. The number of aliphatic imine (C=N–C) groups is 1. The molecule has 0 bridgehead atoms. The number of nitrogens with one attached hydrogen (secondary N) is 1. The van der Waals surface area contributed by atoms with E-state index in [2.05, 4.69) is 15.3 Å². The van der Waals surface area contributed by atoms with Gasteiger partial charge in [0.1, 0.15) is 12.4 Å². The van der Waals surface area contributed by atoms with Crippen molar-refractivity contribution >= 4 is 35.6 Å². The third-order valence-electron chi connectivity index (χ3n) is 3.33. The lowest BCUT2D eigenvalue weighted by Crippen LogP contribution is -2.22. The lowest BCUT2D eigenvalue weighted by Gasteiger charge is -2.10. The predicted molar refractivity (Wildman–Crippen MR) is 99.6 cm³/mol. The monoisotopic (exact) mass is 429 g/mol. The van der Waals surface area contributed by atoms with Gasteiger partial charge in [-0.05, 0) is 12.1 Å². The number of imidazole rings is 1. The fraction of sp³-hybridized carbons (Fsp3) is 0.333. The van der Waals surface area contributed by atoms with Gasteiger partial charge < -0.3 is 25.1 Å². The highest BCUT2D eigenvalue weighted by Crippen LogP contribution is 2.32. The van der Waals surface area contributed by atoms with Crippen molar-refractivity contribution in [3.05, 3.63) is 36.4 Å². The van der Waals surface area contributed by atoms with E-state index in [9.17, 15) is 0 Å². The van der Waals surface area contributed by atoms with Crippen molar-refractivity contribution in [3.8, 4) is 11.5 Å². The summed E-state index contributed by atoms with van der Waals surface area (Å²) in [4.78, 5) is 8.48. The number of rotatable bonds is 3. The van der Waals surface area contributed by atoms with Crippen molar-refractivity contribution in [1.82, 2.24) is 9.55 Å². The average Bonchev–Trinajstić information content (AvgIpc) is 2.78. The highest BCUT2D eigenvalue weighted by molar-refractivity contribution is 14.0. The second kappa shape index (κ2) is 8.04. The minimum Gasteiger partial charge on any atom is -0.490 e. The van der Waals surface area contributed by atoms with Gasteiger partial charge in [0.25, 0.3) is 0 Å². The molecule has 1 aliphatic rings. The van der Waals surface area contributed by atoms with Crippen molar-refractivity contribution in [2.75, 3.05) is 18.5 Å². The molecule has 2 aromatic rings. The van der Waals surface area contributed by atoms with E-state index in [1.54, 1.807) is 6.20 Å². The van der Waals surface area contributed by atoms with Crippen LogP contribution in [-0.2, 0) is 13.6 Å². The van der Waals surface area contributed by atoms with Crippen LogP contribution >= 0.6 is 24.0 Å². The van der Waals surface area contributed by atoms with Crippen LogP contribution in [0.3, 0.4) is 0 Å². The number of guanidine groups is 1. The van der Waals surface area contributed by atoms with Crippen LogP contribution in [0.1, 0.15) is 12.2 Å². The van der Waals surface area contributed by atoms with Gasteiger partial charge in [-0.25, -0.2) is 9.98 Å². The van der Waals surface area contributed by atoms with Crippen LogP contribution in [0.2, 0.25) is 0 Å². The quantitative estimate of drug-likeness (QED) is 0.444. The minimum atomic E-state index is 0. The number of benzene rings is 1. The Bertz CT molecular complexity index is 686. The van der Waals surface area contributed by atoms with E-state index >= 15 is 0 Å². The number of nitrogens with two attached hydrogens (primary N) is 1. The Kier molecular flexibility index (Phi) is 6.08. The van der Waals surface area contributed by atoms with Crippen LogP contribution in [-0.4, -0.2) is 28.7 Å². The Morgan fingerprint density at radius 2 is 2.13 bits per heavy atom. The molecule has 0 atom stereocenters. The molecule has 0 saturated heterocycles. The van der Waals surface area contributed by atoms with Crippen LogP contribution in [0.5, 0.6) is 11.5 Å². The van der Waals surface area contributed by atoms with Crippen LogP contribution in [0, 0.1) is 0 Å². The summed E-state index contributed by atoms with van der Waals surface area (Å²) in [6, 6.07) is 5.62. The number of anilines is 1. The Morgan fingerprint density at radius 1 is 1.35 bits per heavy atom. The number of aromatic nitrogens is 2. The Labute approximate surface area is 151 Å². The zero-order chi connectivity index (χ0) is 15.4. The fourth-order valence-corrected chi connectivity index (χ4v) is 2.13. The number of ether oxygens (including phenoxy) is 2. The summed E-state index contributed by atoms with van der Waals surface area (Å²) in [7, 11) is 1.92. The summed E-state index contributed by atoms with van der Waals surface area (Å²) in [5.74, 6) is 2.66. The third-order valence-corrected chi connectivity index (χ3v) is 3.33. The third kappa shape index (κ3) is 4.50. The molecule has 3 rings (SSSR count). The van der Waals surface area contributed by atoms with Gasteiger partial charge in [0.15, 0.2) is 17.5 Å². The summed E-state index contributed by atoms with van der Waals surface area (Å²) in [6.45, 7) is 1.75. The van der Waals surface area contributed by atoms with E-state index in [4.69, 9.17) is 15.2 Å². The molecular weight excluding hydrogens is 409 g/mol. The molecule has 0 radical (unpaired) electrons. The number of halogens is 1. The second-order valence-electron chi connectivity index (χ2n) is 4.99. The molecule has 0 aliphatic carbocycles. The Morgan fingerprint density at radius 3 is 2.87 bits per heavy atom. The van der Waals surface area contributed by atoms with Gasteiger partial charge in [-0.3, -0.25) is 0 Å². The zero-order valence-corrected chi connectivity index (χ0v) is 15.2. The summed E-state index contributed by atoms with van der Waals surface area (Å²) in [5, 5.41) is 3.05. The number of hydrogen-bond donors (Lipinski definition) is 2. The summed E-state index contributed by atoms with van der Waals surface area (Å²) in [5.41, 5.74) is 6.72. The topological polar surface area (TPSA) is 86.7 Å². The van der Waals surface area contributed by atoms with Gasteiger partial charge in [-0.2, -0.15) is 0 Å². The summed E-state index contributed by atoms with van der Waals surface area (Å²) >= 11 is 0. The molecule has 124 valence electrons. The SMILES string of the molecule is Cn1ccnc1CN=C(N)Nc1ccc2c(c1)OCCCO2.I. The van der Waals surface area contributed by atoms with Crippen LogP contribution in [0.15, 0.2) is 35.6 Å². The molecule has 23 heavy (non-hydrogen) atoms. The molecule has 1 aromatic carbocycles. The van der Waals surface area contributed by atoms with Gasteiger partial charge in [-0.1, -0.05) is 0 Å². The first kappa shape index (κ1) is 17.4. The first-order chi connectivity index (χ1) is 10.7. The molecule has 0 spiro atoms. The van der Waals surface area contributed by atoms with Gasteiger partial charge >= 0.3 is 0 Å². The molecule has 0 saturated carbocycles. The van der Waals surface area contributed by atoms with Crippen molar-refractivity contribution in [1.29, 1.82) is 0 Å². The number of aryl methyl sites for hydroxylation is 1. The Balaban J connectivity index is 0.00000192. The Hall–Kier alpha value is -1.97. The molecule has 0 fully saturated rings. The lowest BCUT2D eigenvalue weighted by atomic mass is 10.3. The van der Waals surface area contributed by atoms with E-state index in [1.807, 2.05) is 36.0 Å². The normalized spacial score (nSPS) is 13.9. The predicted octanol–water partition coefficient (Wildman–Crippen LogP) is 2.13. The molecule has 3 N–H and O–H groups in total. The van der Waals surface area contributed by atoms with E-state index in [0.717, 1.165) is 29.4 Å². The van der Waals surface area contributed by atoms with Gasteiger partial charge in [-0.15, -0.1) is 24.0 Å². The summed E-state index contributed by atoms with van der Waals surface area (Å²) < 4.78 is 13.1. The molecule has 0 unspecified atom stereocenters. The number of hydrogen-bond acceptors (Lipinski definition) is 4. The maximum Gasteiger partial charge on any atom is 0.193 e. The number of nitrogens with zero attached hydrogens (tertiary/aromatic N) is 3. The summed E-state index contributed by atoms with van der Waals surface area (Å²) in [6.07, 6.45) is 4.49. The second-order valence-corrected chi connectivity index (χ2v) is 4.99. The highest BCUT2D eigenvalue weighted by Gasteiger charge is 2.10. The minimum absolute atomic E-state index is 0. The van der Waals surface area contributed by atoms with Crippen LogP contribution < -0.4 is 20.5 Å². The van der Waals surface area contributed by atoms with E-state index in [1.165, 1.54) is 0 Å². The molecular formula is C15H20IN5O2. The van der Waals surface area contributed by atoms with Gasteiger partial charge in [0, 0.05) is 37.6 Å². The lowest BCUT2D eigenvalue weighted by molar-refractivity contribution is 0.297. The number of fused-ring (bicyclic) bond motifs is 1. The fourth-order valence-electron chi connectivity index (χ4n) is 2.13. The maximum absolute atomic E-state index is 5.91.